The van der Waals surface area contributed by atoms with E-state index >= 15 is 0 Å². The third kappa shape index (κ3) is 2.94. The van der Waals surface area contributed by atoms with E-state index in [9.17, 15) is 0 Å². The van der Waals surface area contributed by atoms with Gasteiger partial charge in [0.2, 0.25) is 5.95 Å². The van der Waals surface area contributed by atoms with Gasteiger partial charge in [-0.05, 0) is 18.0 Å². The minimum Gasteiger partial charge on any atom is -0.338 e. The van der Waals surface area contributed by atoms with E-state index in [1.165, 1.54) is 5.56 Å². The van der Waals surface area contributed by atoms with Gasteiger partial charge in [0.25, 0.3) is 0 Å². The molecular formula is C13H22N4. The van der Waals surface area contributed by atoms with Gasteiger partial charge in [-0.2, -0.15) is 0 Å². The minimum absolute atomic E-state index is 0.126. The average Bonchev–Trinajstić information content (AvgIpc) is 2.29. The first-order chi connectivity index (χ1) is 7.97. The Morgan fingerprint density at radius 1 is 1.00 bits per heavy atom. The molecule has 0 radical (unpaired) electrons. The highest BCUT2D eigenvalue weighted by atomic mass is 15.3. The molecule has 0 amide bonds. The molecular weight excluding hydrogens is 212 g/mol. The molecule has 94 valence electrons. The quantitative estimate of drug-likeness (QED) is 0.737. The molecule has 1 saturated heterocycles. The summed E-state index contributed by atoms with van der Waals surface area (Å²) >= 11 is 0. The molecule has 1 aliphatic rings. The third-order valence-corrected chi connectivity index (χ3v) is 3.29. The van der Waals surface area contributed by atoms with Crippen LogP contribution in [0.3, 0.4) is 0 Å². The molecule has 0 unspecified atom stereocenters. The summed E-state index contributed by atoms with van der Waals surface area (Å²) < 4.78 is 0. The standard InChI is InChI=1S/C13H22N4/c1-13(2,3)11-9-14-12(15-10-11)17-7-5-16(4)6-8-17/h9-10H,5-8H2,1-4H3. The monoisotopic (exact) mass is 234 g/mol. The van der Waals surface area contributed by atoms with E-state index in [-0.39, 0.29) is 5.41 Å². The fourth-order valence-corrected chi connectivity index (χ4v) is 1.88. The van der Waals surface area contributed by atoms with Crippen LogP contribution in [0.25, 0.3) is 0 Å². The van der Waals surface area contributed by atoms with Crippen molar-refractivity contribution >= 4 is 5.95 Å². The van der Waals surface area contributed by atoms with Crippen LogP contribution in [0.5, 0.6) is 0 Å². The summed E-state index contributed by atoms with van der Waals surface area (Å²) in [6, 6.07) is 0. The maximum Gasteiger partial charge on any atom is 0.225 e. The molecule has 0 aliphatic carbocycles. The van der Waals surface area contributed by atoms with E-state index in [4.69, 9.17) is 0 Å². The van der Waals surface area contributed by atoms with Crippen molar-refractivity contribution < 1.29 is 0 Å². The summed E-state index contributed by atoms with van der Waals surface area (Å²) in [6.07, 6.45) is 3.92. The van der Waals surface area contributed by atoms with Gasteiger partial charge in [-0.1, -0.05) is 20.8 Å². The summed E-state index contributed by atoms with van der Waals surface area (Å²) in [6.45, 7) is 10.8. The van der Waals surface area contributed by atoms with Gasteiger partial charge in [0.1, 0.15) is 0 Å². The molecule has 1 aromatic rings. The Bertz CT molecular complexity index is 358. The molecule has 0 atom stereocenters. The summed E-state index contributed by atoms with van der Waals surface area (Å²) in [7, 11) is 2.15. The fourth-order valence-electron chi connectivity index (χ4n) is 1.88. The molecule has 1 aliphatic heterocycles. The van der Waals surface area contributed by atoms with E-state index in [1.807, 2.05) is 12.4 Å². The normalized spacial score (nSPS) is 18.5. The average molecular weight is 234 g/mol. The van der Waals surface area contributed by atoms with Gasteiger partial charge in [-0.25, -0.2) is 9.97 Å². The topological polar surface area (TPSA) is 32.3 Å². The Balaban J connectivity index is 2.08. The van der Waals surface area contributed by atoms with Crippen molar-refractivity contribution in [3.63, 3.8) is 0 Å². The van der Waals surface area contributed by atoms with Crippen molar-refractivity contribution in [1.29, 1.82) is 0 Å². The van der Waals surface area contributed by atoms with Crippen molar-refractivity contribution in [3.8, 4) is 0 Å². The number of piperazine rings is 1. The van der Waals surface area contributed by atoms with Gasteiger partial charge < -0.3 is 9.80 Å². The molecule has 17 heavy (non-hydrogen) atoms. The number of anilines is 1. The van der Waals surface area contributed by atoms with Crippen molar-refractivity contribution in [2.24, 2.45) is 0 Å². The number of nitrogens with zero attached hydrogens (tertiary/aromatic N) is 4. The Kier molecular flexibility index (Phi) is 3.33. The number of rotatable bonds is 1. The molecule has 0 aromatic carbocycles. The molecule has 2 heterocycles. The van der Waals surface area contributed by atoms with Crippen molar-refractivity contribution in [2.45, 2.75) is 26.2 Å². The van der Waals surface area contributed by atoms with Gasteiger partial charge in [0.15, 0.2) is 0 Å². The van der Waals surface area contributed by atoms with E-state index in [0.29, 0.717) is 0 Å². The predicted molar refractivity (Wildman–Crippen MR) is 70.4 cm³/mol. The van der Waals surface area contributed by atoms with E-state index in [0.717, 1.165) is 32.1 Å². The zero-order valence-electron chi connectivity index (χ0n) is 11.3. The lowest BCUT2D eigenvalue weighted by molar-refractivity contribution is 0.311. The molecule has 0 spiro atoms. The van der Waals surface area contributed by atoms with Crippen molar-refractivity contribution in [3.05, 3.63) is 18.0 Å². The second-order valence-corrected chi connectivity index (χ2v) is 5.81. The highest BCUT2D eigenvalue weighted by Gasteiger charge is 2.18. The first-order valence-electron chi connectivity index (χ1n) is 6.23. The number of likely N-dealkylation sites (N-methyl/N-ethyl adjacent to an activating group) is 1. The number of aromatic nitrogens is 2. The van der Waals surface area contributed by atoms with Gasteiger partial charge in [-0.15, -0.1) is 0 Å². The third-order valence-electron chi connectivity index (χ3n) is 3.29. The molecule has 4 nitrogen and oxygen atoms in total. The lowest BCUT2D eigenvalue weighted by Gasteiger charge is -2.32. The van der Waals surface area contributed by atoms with E-state index in [1.54, 1.807) is 0 Å². The highest BCUT2D eigenvalue weighted by molar-refractivity contribution is 5.32. The Labute approximate surface area is 104 Å². The summed E-state index contributed by atoms with van der Waals surface area (Å²) in [5.41, 5.74) is 1.32. The zero-order chi connectivity index (χ0) is 12.5. The second kappa shape index (κ2) is 4.61. The molecule has 2 rings (SSSR count). The Morgan fingerprint density at radius 2 is 1.53 bits per heavy atom. The second-order valence-electron chi connectivity index (χ2n) is 5.81. The van der Waals surface area contributed by atoms with Crippen LogP contribution < -0.4 is 4.90 Å². The lowest BCUT2D eigenvalue weighted by Crippen LogP contribution is -2.45. The summed E-state index contributed by atoms with van der Waals surface area (Å²) in [5, 5.41) is 0. The van der Waals surface area contributed by atoms with Crippen LogP contribution in [0, 0.1) is 0 Å². The van der Waals surface area contributed by atoms with E-state index in [2.05, 4.69) is 47.6 Å². The lowest BCUT2D eigenvalue weighted by atomic mass is 9.89. The van der Waals surface area contributed by atoms with Crippen LogP contribution in [0.15, 0.2) is 12.4 Å². The first kappa shape index (κ1) is 12.3. The smallest absolute Gasteiger partial charge is 0.225 e. The largest absolute Gasteiger partial charge is 0.338 e. The predicted octanol–water partition coefficient (Wildman–Crippen LogP) is 1.53. The Morgan fingerprint density at radius 3 is 2.00 bits per heavy atom. The van der Waals surface area contributed by atoms with Gasteiger partial charge in [0.05, 0.1) is 0 Å². The molecule has 0 bridgehead atoms. The van der Waals surface area contributed by atoms with Crippen LogP contribution in [0.2, 0.25) is 0 Å². The summed E-state index contributed by atoms with van der Waals surface area (Å²) in [4.78, 5) is 13.6. The fraction of sp³-hybridized carbons (Fsp3) is 0.692. The van der Waals surface area contributed by atoms with Crippen molar-refractivity contribution in [2.75, 3.05) is 38.1 Å². The molecule has 1 aromatic heterocycles. The van der Waals surface area contributed by atoms with E-state index < -0.39 is 0 Å². The van der Waals surface area contributed by atoms with Crippen LogP contribution in [0.1, 0.15) is 26.3 Å². The van der Waals surface area contributed by atoms with Crippen LogP contribution >= 0.6 is 0 Å². The molecule has 4 heteroatoms. The van der Waals surface area contributed by atoms with Gasteiger partial charge >= 0.3 is 0 Å². The van der Waals surface area contributed by atoms with Crippen LogP contribution in [0.4, 0.5) is 5.95 Å². The highest BCUT2D eigenvalue weighted by Crippen LogP contribution is 2.21. The first-order valence-corrected chi connectivity index (χ1v) is 6.23. The zero-order valence-corrected chi connectivity index (χ0v) is 11.3. The Hall–Kier alpha value is -1.16. The molecule has 0 saturated carbocycles. The van der Waals surface area contributed by atoms with Gasteiger partial charge in [-0.3, -0.25) is 0 Å². The maximum absolute atomic E-state index is 4.49. The summed E-state index contributed by atoms with van der Waals surface area (Å²) in [5.74, 6) is 0.867. The number of hydrogen-bond acceptors (Lipinski definition) is 4. The van der Waals surface area contributed by atoms with Gasteiger partial charge in [0, 0.05) is 38.6 Å². The van der Waals surface area contributed by atoms with Crippen molar-refractivity contribution in [1.82, 2.24) is 14.9 Å². The van der Waals surface area contributed by atoms with Crippen LogP contribution in [-0.4, -0.2) is 48.1 Å². The molecule has 0 N–H and O–H groups in total. The molecule has 1 fully saturated rings. The van der Waals surface area contributed by atoms with Crippen LogP contribution in [-0.2, 0) is 5.41 Å². The SMILES string of the molecule is CN1CCN(c2ncc(C(C)(C)C)cn2)CC1. The maximum atomic E-state index is 4.49. The minimum atomic E-state index is 0.126. The number of hydrogen-bond donors (Lipinski definition) is 0.